The molecule has 0 radical (unpaired) electrons. The number of ether oxygens (including phenoxy) is 2. The van der Waals surface area contributed by atoms with Crippen molar-refractivity contribution >= 4 is 0 Å². The largest absolute Gasteiger partial charge is 0.379 e. The second kappa shape index (κ2) is 7.80. The highest BCUT2D eigenvalue weighted by molar-refractivity contribution is 5.37. The Morgan fingerprint density at radius 3 is 2.67 bits per heavy atom. The molecule has 0 saturated heterocycles. The lowest BCUT2D eigenvalue weighted by atomic mass is 10.1. The molecule has 0 aliphatic carbocycles. The summed E-state index contributed by atoms with van der Waals surface area (Å²) in [6.07, 6.45) is 0. The van der Waals surface area contributed by atoms with Crippen molar-refractivity contribution in [2.75, 3.05) is 19.8 Å². The number of benzene rings is 1. The van der Waals surface area contributed by atoms with Crippen molar-refractivity contribution in [2.45, 2.75) is 20.5 Å². The zero-order chi connectivity index (χ0) is 13.4. The van der Waals surface area contributed by atoms with Crippen LogP contribution in [0, 0.1) is 23.1 Å². The Labute approximate surface area is 107 Å². The van der Waals surface area contributed by atoms with Crippen LogP contribution in [0.3, 0.4) is 0 Å². The fourth-order valence-electron chi connectivity index (χ4n) is 1.41. The number of halogens is 1. The summed E-state index contributed by atoms with van der Waals surface area (Å²) in [4.78, 5) is 0. The SMILES string of the molecule is CC(C)COCCOCc1cc(F)ccc1C#N. The Balaban J connectivity index is 2.31. The molecule has 98 valence electrons. The molecular weight excluding hydrogens is 233 g/mol. The first kappa shape index (κ1) is 14.6. The molecule has 1 aromatic rings. The van der Waals surface area contributed by atoms with Crippen LogP contribution < -0.4 is 0 Å². The zero-order valence-electron chi connectivity index (χ0n) is 10.8. The molecule has 0 aliphatic heterocycles. The summed E-state index contributed by atoms with van der Waals surface area (Å²) in [6.45, 7) is 6.03. The van der Waals surface area contributed by atoms with E-state index >= 15 is 0 Å². The number of hydrogen-bond donors (Lipinski definition) is 0. The van der Waals surface area contributed by atoms with Gasteiger partial charge in [-0.3, -0.25) is 0 Å². The van der Waals surface area contributed by atoms with Crippen LogP contribution in [0.4, 0.5) is 4.39 Å². The molecule has 0 saturated carbocycles. The van der Waals surface area contributed by atoms with Gasteiger partial charge >= 0.3 is 0 Å². The molecule has 1 rings (SSSR count). The molecular formula is C14H18FNO2. The molecule has 4 heteroatoms. The maximum atomic E-state index is 13.0. The van der Waals surface area contributed by atoms with E-state index < -0.39 is 0 Å². The molecule has 0 aliphatic rings. The van der Waals surface area contributed by atoms with E-state index in [9.17, 15) is 4.39 Å². The minimum atomic E-state index is -0.358. The third kappa shape index (κ3) is 5.26. The quantitative estimate of drug-likeness (QED) is 0.700. The maximum Gasteiger partial charge on any atom is 0.123 e. The van der Waals surface area contributed by atoms with Crippen LogP contribution in [0.1, 0.15) is 25.0 Å². The molecule has 18 heavy (non-hydrogen) atoms. The molecule has 0 bridgehead atoms. The van der Waals surface area contributed by atoms with Gasteiger partial charge in [0.05, 0.1) is 31.5 Å². The number of nitrogens with zero attached hydrogens (tertiary/aromatic N) is 1. The molecule has 0 amide bonds. The minimum absolute atomic E-state index is 0.228. The van der Waals surface area contributed by atoms with Crippen molar-refractivity contribution in [2.24, 2.45) is 5.92 Å². The Morgan fingerprint density at radius 1 is 1.28 bits per heavy atom. The van der Waals surface area contributed by atoms with Crippen LogP contribution in [0.2, 0.25) is 0 Å². The first-order valence-electron chi connectivity index (χ1n) is 5.97. The van der Waals surface area contributed by atoms with Crippen molar-refractivity contribution in [3.05, 3.63) is 35.1 Å². The van der Waals surface area contributed by atoms with Crippen molar-refractivity contribution in [1.82, 2.24) is 0 Å². The normalized spacial score (nSPS) is 10.6. The first-order valence-corrected chi connectivity index (χ1v) is 5.97. The van der Waals surface area contributed by atoms with Gasteiger partial charge in [0.1, 0.15) is 5.82 Å². The molecule has 0 heterocycles. The number of rotatable bonds is 7. The smallest absolute Gasteiger partial charge is 0.123 e. The fraction of sp³-hybridized carbons (Fsp3) is 0.500. The monoisotopic (exact) mass is 251 g/mol. The van der Waals surface area contributed by atoms with Crippen LogP contribution in [0.5, 0.6) is 0 Å². The minimum Gasteiger partial charge on any atom is -0.379 e. The molecule has 0 aromatic heterocycles. The van der Waals surface area contributed by atoms with Crippen LogP contribution in [0.15, 0.2) is 18.2 Å². The summed E-state index contributed by atoms with van der Waals surface area (Å²) in [5, 5.41) is 8.86. The van der Waals surface area contributed by atoms with Crippen molar-refractivity contribution in [1.29, 1.82) is 5.26 Å². The standard InChI is InChI=1S/C14H18FNO2/c1-11(2)9-17-5-6-18-10-13-7-14(15)4-3-12(13)8-16/h3-4,7,11H,5-6,9-10H2,1-2H3. The Hall–Kier alpha value is -1.44. The molecule has 0 fully saturated rings. The second-order valence-corrected chi connectivity index (χ2v) is 4.43. The van der Waals surface area contributed by atoms with E-state index in [2.05, 4.69) is 13.8 Å². The summed E-state index contributed by atoms with van der Waals surface area (Å²) in [6, 6.07) is 6.07. The molecule has 0 atom stereocenters. The van der Waals surface area contributed by atoms with Gasteiger partial charge in [0.25, 0.3) is 0 Å². The van der Waals surface area contributed by atoms with E-state index in [0.717, 1.165) is 0 Å². The van der Waals surface area contributed by atoms with Gasteiger partial charge in [-0.1, -0.05) is 13.8 Å². The van der Waals surface area contributed by atoms with E-state index in [1.54, 1.807) is 0 Å². The summed E-state index contributed by atoms with van der Waals surface area (Å²) in [5.74, 6) is 0.141. The lowest BCUT2D eigenvalue weighted by Gasteiger charge is -2.08. The van der Waals surface area contributed by atoms with E-state index in [-0.39, 0.29) is 12.4 Å². The Bertz CT molecular complexity index is 413. The van der Waals surface area contributed by atoms with E-state index in [4.69, 9.17) is 14.7 Å². The van der Waals surface area contributed by atoms with Gasteiger partial charge < -0.3 is 9.47 Å². The number of nitriles is 1. The fourth-order valence-corrected chi connectivity index (χ4v) is 1.41. The highest BCUT2D eigenvalue weighted by atomic mass is 19.1. The van der Waals surface area contributed by atoms with Gasteiger partial charge in [-0.05, 0) is 29.7 Å². The number of hydrogen-bond acceptors (Lipinski definition) is 3. The predicted octanol–water partition coefficient (Wildman–Crippen LogP) is 2.89. The highest BCUT2D eigenvalue weighted by Crippen LogP contribution is 2.11. The Morgan fingerprint density at radius 2 is 2.00 bits per heavy atom. The van der Waals surface area contributed by atoms with Gasteiger partial charge in [0.2, 0.25) is 0 Å². The lowest BCUT2D eigenvalue weighted by Crippen LogP contribution is -2.08. The lowest BCUT2D eigenvalue weighted by molar-refractivity contribution is 0.0313. The van der Waals surface area contributed by atoms with E-state index in [0.29, 0.717) is 36.9 Å². The van der Waals surface area contributed by atoms with Gasteiger partial charge in [-0.25, -0.2) is 4.39 Å². The summed E-state index contributed by atoms with van der Waals surface area (Å²) >= 11 is 0. The molecule has 3 nitrogen and oxygen atoms in total. The topological polar surface area (TPSA) is 42.2 Å². The predicted molar refractivity (Wildman–Crippen MR) is 66.4 cm³/mol. The zero-order valence-corrected chi connectivity index (χ0v) is 10.8. The molecule has 0 N–H and O–H groups in total. The van der Waals surface area contributed by atoms with Gasteiger partial charge in [0, 0.05) is 6.61 Å². The van der Waals surface area contributed by atoms with Crippen LogP contribution >= 0.6 is 0 Å². The average molecular weight is 251 g/mol. The van der Waals surface area contributed by atoms with Crippen molar-refractivity contribution in [3.8, 4) is 6.07 Å². The highest BCUT2D eigenvalue weighted by Gasteiger charge is 2.04. The van der Waals surface area contributed by atoms with E-state index in [1.165, 1.54) is 18.2 Å². The van der Waals surface area contributed by atoms with Crippen molar-refractivity contribution < 1.29 is 13.9 Å². The second-order valence-electron chi connectivity index (χ2n) is 4.43. The molecule has 1 aromatic carbocycles. The van der Waals surface area contributed by atoms with Gasteiger partial charge in [-0.15, -0.1) is 0 Å². The van der Waals surface area contributed by atoms with Crippen LogP contribution in [-0.4, -0.2) is 19.8 Å². The van der Waals surface area contributed by atoms with Gasteiger partial charge in [0.15, 0.2) is 0 Å². The summed E-state index contributed by atoms with van der Waals surface area (Å²) in [5.41, 5.74) is 1.01. The molecule has 0 spiro atoms. The van der Waals surface area contributed by atoms with E-state index in [1.807, 2.05) is 6.07 Å². The first-order chi connectivity index (χ1) is 8.63. The third-order valence-corrected chi connectivity index (χ3v) is 2.27. The van der Waals surface area contributed by atoms with Gasteiger partial charge in [-0.2, -0.15) is 5.26 Å². The maximum absolute atomic E-state index is 13.0. The Kier molecular flexibility index (Phi) is 6.34. The summed E-state index contributed by atoms with van der Waals surface area (Å²) < 4.78 is 23.7. The van der Waals surface area contributed by atoms with Crippen LogP contribution in [-0.2, 0) is 16.1 Å². The van der Waals surface area contributed by atoms with Crippen LogP contribution in [0.25, 0.3) is 0 Å². The summed E-state index contributed by atoms with van der Waals surface area (Å²) in [7, 11) is 0. The average Bonchev–Trinajstić information content (AvgIpc) is 2.33. The molecule has 0 unspecified atom stereocenters. The third-order valence-electron chi connectivity index (χ3n) is 2.27. The van der Waals surface area contributed by atoms with Crippen molar-refractivity contribution in [3.63, 3.8) is 0 Å².